The molecule has 0 saturated heterocycles. The van der Waals surface area contributed by atoms with Crippen LogP contribution < -0.4 is 14.8 Å². The number of nitrogens with one attached hydrogen (secondary N) is 1. The second-order valence-electron chi connectivity index (χ2n) is 4.40. The number of fused-ring (bicyclic) bond motifs is 1. The minimum atomic E-state index is -0.509. The van der Waals surface area contributed by atoms with E-state index in [1.165, 1.54) is 0 Å². The van der Waals surface area contributed by atoms with Crippen molar-refractivity contribution in [3.05, 3.63) is 48.3 Å². The molecule has 0 aliphatic carbocycles. The molecule has 2 heterocycles. The SMILES string of the molecule is O=C(Nc1ccc2c(c1)OCO2)OCCc1ccccn1. The Hall–Kier alpha value is -2.76. The number of hydrogen-bond acceptors (Lipinski definition) is 5. The first kappa shape index (κ1) is 13.2. The fourth-order valence-electron chi connectivity index (χ4n) is 1.92. The predicted molar refractivity (Wildman–Crippen MR) is 75.5 cm³/mol. The van der Waals surface area contributed by atoms with E-state index < -0.39 is 6.09 Å². The van der Waals surface area contributed by atoms with Gasteiger partial charge in [-0.3, -0.25) is 10.3 Å². The Bertz CT molecular complexity index is 631. The number of carbonyl (C=O) groups is 1. The summed E-state index contributed by atoms with van der Waals surface area (Å²) in [4.78, 5) is 15.8. The summed E-state index contributed by atoms with van der Waals surface area (Å²) < 4.78 is 15.5. The Kier molecular flexibility index (Phi) is 3.86. The molecule has 6 heteroatoms. The minimum absolute atomic E-state index is 0.202. The standard InChI is InChI=1S/C15H14N2O4/c18-15(19-8-6-11-3-1-2-7-16-11)17-12-4-5-13-14(9-12)21-10-20-13/h1-5,7,9H,6,8,10H2,(H,17,18). The van der Waals surface area contributed by atoms with Gasteiger partial charge < -0.3 is 14.2 Å². The summed E-state index contributed by atoms with van der Waals surface area (Å²) >= 11 is 0. The van der Waals surface area contributed by atoms with Crippen molar-refractivity contribution in [2.45, 2.75) is 6.42 Å². The molecule has 0 radical (unpaired) electrons. The number of hydrogen-bond donors (Lipinski definition) is 1. The van der Waals surface area contributed by atoms with Gasteiger partial charge in [-0.05, 0) is 24.3 Å². The van der Waals surface area contributed by atoms with Crippen LogP contribution in [0.4, 0.5) is 10.5 Å². The van der Waals surface area contributed by atoms with Gasteiger partial charge in [-0.1, -0.05) is 6.07 Å². The summed E-state index contributed by atoms with van der Waals surface area (Å²) in [6.07, 6.45) is 1.78. The number of aromatic nitrogens is 1. The van der Waals surface area contributed by atoms with Crippen molar-refractivity contribution in [3.8, 4) is 11.5 Å². The highest BCUT2D eigenvalue weighted by Crippen LogP contribution is 2.34. The second kappa shape index (κ2) is 6.13. The van der Waals surface area contributed by atoms with Gasteiger partial charge >= 0.3 is 6.09 Å². The van der Waals surface area contributed by atoms with Crippen molar-refractivity contribution in [3.63, 3.8) is 0 Å². The van der Waals surface area contributed by atoms with Crippen molar-refractivity contribution in [1.82, 2.24) is 4.98 Å². The summed E-state index contributed by atoms with van der Waals surface area (Å²) in [6.45, 7) is 0.473. The number of pyridine rings is 1. The third kappa shape index (κ3) is 3.42. The average molecular weight is 286 g/mol. The van der Waals surface area contributed by atoms with E-state index in [1.807, 2.05) is 18.2 Å². The molecule has 2 aromatic rings. The highest BCUT2D eigenvalue weighted by Gasteiger charge is 2.14. The summed E-state index contributed by atoms with van der Waals surface area (Å²) in [5.74, 6) is 1.28. The Morgan fingerprint density at radius 3 is 3.00 bits per heavy atom. The van der Waals surface area contributed by atoms with Crippen LogP contribution in [0.25, 0.3) is 0 Å². The lowest BCUT2D eigenvalue weighted by atomic mass is 10.3. The molecule has 0 saturated carbocycles. The van der Waals surface area contributed by atoms with E-state index in [0.29, 0.717) is 23.6 Å². The molecule has 1 aliphatic heterocycles. The maximum absolute atomic E-state index is 11.7. The van der Waals surface area contributed by atoms with Gasteiger partial charge in [0.25, 0.3) is 0 Å². The summed E-state index contributed by atoms with van der Waals surface area (Å²) in [6, 6.07) is 10.8. The van der Waals surface area contributed by atoms with E-state index in [9.17, 15) is 4.79 Å². The fraction of sp³-hybridized carbons (Fsp3) is 0.200. The first-order valence-corrected chi connectivity index (χ1v) is 6.54. The van der Waals surface area contributed by atoms with Crippen LogP contribution in [0, 0.1) is 0 Å². The molecule has 1 N–H and O–H groups in total. The molecule has 1 aliphatic rings. The van der Waals surface area contributed by atoms with E-state index in [0.717, 1.165) is 5.69 Å². The molecule has 0 unspecified atom stereocenters. The summed E-state index contributed by atoms with van der Waals surface area (Å²) in [5.41, 5.74) is 1.48. The van der Waals surface area contributed by atoms with Gasteiger partial charge in [-0.25, -0.2) is 4.79 Å². The molecule has 1 amide bonds. The summed E-state index contributed by atoms with van der Waals surface area (Å²) in [7, 11) is 0. The monoisotopic (exact) mass is 286 g/mol. The van der Waals surface area contributed by atoms with Crippen LogP contribution in [0.2, 0.25) is 0 Å². The van der Waals surface area contributed by atoms with Crippen LogP contribution in [-0.4, -0.2) is 24.5 Å². The highest BCUT2D eigenvalue weighted by molar-refractivity contribution is 5.85. The Morgan fingerprint density at radius 1 is 1.24 bits per heavy atom. The van der Waals surface area contributed by atoms with E-state index in [-0.39, 0.29) is 13.4 Å². The molecule has 1 aromatic carbocycles. The molecule has 0 bridgehead atoms. The first-order chi connectivity index (χ1) is 10.3. The number of amides is 1. The Morgan fingerprint density at radius 2 is 2.14 bits per heavy atom. The van der Waals surface area contributed by atoms with E-state index in [2.05, 4.69) is 10.3 Å². The fourth-order valence-corrected chi connectivity index (χ4v) is 1.92. The van der Waals surface area contributed by atoms with Crippen LogP contribution in [0.5, 0.6) is 11.5 Å². The molecule has 0 fully saturated rings. The predicted octanol–water partition coefficient (Wildman–Crippen LogP) is 2.60. The second-order valence-corrected chi connectivity index (χ2v) is 4.40. The number of ether oxygens (including phenoxy) is 3. The lowest BCUT2D eigenvalue weighted by Crippen LogP contribution is -2.15. The molecule has 6 nitrogen and oxygen atoms in total. The quantitative estimate of drug-likeness (QED) is 0.935. The zero-order chi connectivity index (χ0) is 14.5. The topological polar surface area (TPSA) is 69.7 Å². The van der Waals surface area contributed by atoms with Gasteiger partial charge in [0.2, 0.25) is 6.79 Å². The van der Waals surface area contributed by atoms with E-state index in [1.54, 1.807) is 24.4 Å². The number of carbonyl (C=O) groups excluding carboxylic acids is 1. The zero-order valence-corrected chi connectivity index (χ0v) is 11.2. The maximum Gasteiger partial charge on any atom is 0.411 e. The van der Waals surface area contributed by atoms with Gasteiger partial charge in [-0.2, -0.15) is 0 Å². The van der Waals surface area contributed by atoms with Gasteiger partial charge in [-0.15, -0.1) is 0 Å². The molecule has 3 rings (SSSR count). The van der Waals surface area contributed by atoms with Crippen LogP contribution >= 0.6 is 0 Å². The van der Waals surface area contributed by atoms with Crippen LogP contribution in [-0.2, 0) is 11.2 Å². The lowest BCUT2D eigenvalue weighted by Gasteiger charge is -2.07. The minimum Gasteiger partial charge on any atom is -0.454 e. The third-order valence-electron chi connectivity index (χ3n) is 2.94. The summed E-state index contributed by atoms with van der Waals surface area (Å²) in [5, 5.41) is 2.64. The third-order valence-corrected chi connectivity index (χ3v) is 2.94. The van der Waals surface area contributed by atoms with Crippen molar-refractivity contribution >= 4 is 11.8 Å². The van der Waals surface area contributed by atoms with Gasteiger partial charge in [0, 0.05) is 30.1 Å². The van der Waals surface area contributed by atoms with Crippen LogP contribution in [0.3, 0.4) is 0 Å². The Labute approximate surface area is 121 Å². The normalized spacial score (nSPS) is 12.0. The largest absolute Gasteiger partial charge is 0.454 e. The molecule has 108 valence electrons. The van der Waals surface area contributed by atoms with Gasteiger partial charge in [0.1, 0.15) is 0 Å². The molecule has 1 aromatic heterocycles. The van der Waals surface area contributed by atoms with E-state index >= 15 is 0 Å². The highest BCUT2D eigenvalue weighted by atomic mass is 16.7. The van der Waals surface area contributed by atoms with Crippen LogP contribution in [0.1, 0.15) is 5.69 Å². The molecular weight excluding hydrogens is 272 g/mol. The Balaban J connectivity index is 1.48. The first-order valence-electron chi connectivity index (χ1n) is 6.54. The van der Waals surface area contributed by atoms with Crippen molar-refractivity contribution in [2.24, 2.45) is 0 Å². The lowest BCUT2D eigenvalue weighted by molar-refractivity contribution is 0.162. The van der Waals surface area contributed by atoms with Crippen molar-refractivity contribution in [1.29, 1.82) is 0 Å². The van der Waals surface area contributed by atoms with E-state index in [4.69, 9.17) is 14.2 Å². The van der Waals surface area contributed by atoms with Gasteiger partial charge in [0.05, 0.1) is 6.61 Å². The maximum atomic E-state index is 11.7. The van der Waals surface area contributed by atoms with Crippen LogP contribution in [0.15, 0.2) is 42.6 Å². The number of rotatable bonds is 4. The van der Waals surface area contributed by atoms with Gasteiger partial charge in [0.15, 0.2) is 11.5 Å². The number of anilines is 1. The zero-order valence-electron chi connectivity index (χ0n) is 11.2. The van der Waals surface area contributed by atoms with Crippen molar-refractivity contribution in [2.75, 3.05) is 18.7 Å². The molecule has 0 atom stereocenters. The molecular formula is C15H14N2O4. The number of nitrogens with zero attached hydrogens (tertiary/aromatic N) is 1. The smallest absolute Gasteiger partial charge is 0.411 e. The number of benzene rings is 1. The molecule has 21 heavy (non-hydrogen) atoms. The average Bonchev–Trinajstić information content (AvgIpc) is 2.96. The van der Waals surface area contributed by atoms with Crippen molar-refractivity contribution < 1.29 is 19.0 Å². The molecule has 0 spiro atoms.